The molecule has 0 aromatic heterocycles. The Bertz CT molecular complexity index is 460. The molecule has 0 fully saturated rings. The maximum absolute atomic E-state index is 11.9. The highest BCUT2D eigenvalue weighted by Crippen LogP contribution is 2.22. The van der Waals surface area contributed by atoms with Gasteiger partial charge < -0.3 is 10.6 Å². The fourth-order valence-corrected chi connectivity index (χ4v) is 1.75. The van der Waals surface area contributed by atoms with Crippen LogP contribution in [0.15, 0.2) is 18.2 Å². The zero-order valence-electron chi connectivity index (χ0n) is 11.2. The van der Waals surface area contributed by atoms with Gasteiger partial charge in [-0.3, -0.25) is 14.9 Å². The zero-order valence-corrected chi connectivity index (χ0v) is 11.2. The van der Waals surface area contributed by atoms with Crippen LogP contribution in [0.2, 0.25) is 0 Å². The fraction of sp³-hybridized carbons (Fsp3) is 0.462. The number of rotatable bonds is 7. The lowest BCUT2D eigenvalue weighted by Crippen LogP contribution is -2.32. The Kier molecular flexibility index (Phi) is 5.95. The molecule has 0 aliphatic carbocycles. The van der Waals surface area contributed by atoms with Gasteiger partial charge in [-0.05, 0) is 26.0 Å². The molecular formula is C13H19N3O3. The van der Waals surface area contributed by atoms with Gasteiger partial charge in [-0.25, -0.2) is 0 Å². The number of para-hydroxylation sites is 1. The van der Waals surface area contributed by atoms with E-state index in [9.17, 15) is 14.9 Å². The van der Waals surface area contributed by atoms with Gasteiger partial charge in [0.1, 0.15) is 5.56 Å². The number of benzene rings is 1. The molecule has 0 unspecified atom stereocenters. The van der Waals surface area contributed by atoms with E-state index in [4.69, 9.17) is 0 Å². The average molecular weight is 265 g/mol. The van der Waals surface area contributed by atoms with Gasteiger partial charge >= 0.3 is 0 Å². The summed E-state index contributed by atoms with van der Waals surface area (Å²) in [5, 5.41) is 16.8. The van der Waals surface area contributed by atoms with E-state index in [1.807, 2.05) is 0 Å². The molecule has 19 heavy (non-hydrogen) atoms. The van der Waals surface area contributed by atoms with E-state index in [0.717, 1.165) is 13.0 Å². The third-order valence-corrected chi connectivity index (χ3v) is 2.68. The molecule has 6 nitrogen and oxygen atoms in total. The molecule has 6 heteroatoms. The van der Waals surface area contributed by atoms with Gasteiger partial charge in [-0.2, -0.15) is 0 Å². The molecule has 0 saturated heterocycles. The number of hydrogen-bond donors (Lipinski definition) is 2. The molecule has 0 heterocycles. The molecule has 1 aromatic carbocycles. The van der Waals surface area contributed by atoms with E-state index in [-0.39, 0.29) is 11.3 Å². The lowest BCUT2D eigenvalue weighted by Gasteiger charge is -2.07. The summed E-state index contributed by atoms with van der Waals surface area (Å²) >= 11 is 0. The van der Waals surface area contributed by atoms with Gasteiger partial charge in [-0.15, -0.1) is 0 Å². The summed E-state index contributed by atoms with van der Waals surface area (Å²) in [6, 6.07) is 4.74. The predicted molar refractivity (Wildman–Crippen MR) is 73.3 cm³/mol. The fourth-order valence-electron chi connectivity index (χ4n) is 1.75. The predicted octanol–water partition coefficient (Wildman–Crippen LogP) is 1.63. The van der Waals surface area contributed by atoms with E-state index in [1.165, 1.54) is 6.07 Å². The summed E-state index contributed by atoms with van der Waals surface area (Å²) in [6.07, 6.45) is 1.03. The second kappa shape index (κ2) is 7.48. The van der Waals surface area contributed by atoms with Gasteiger partial charge in [0.05, 0.1) is 4.92 Å². The molecule has 0 aliphatic rings. The first-order valence-corrected chi connectivity index (χ1v) is 6.30. The van der Waals surface area contributed by atoms with Gasteiger partial charge in [0.25, 0.3) is 11.6 Å². The largest absolute Gasteiger partial charge is 0.351 e. The zero-order chi connectivity index (χ0) is 14.3. The SMILES string of the molecule is CCCNCCNC(=O)c1cccc(C)c1[N+](=O)[O-]. The van der Waals surface area contributed by atoms with Crippen molar-refractivity contribution in [2.75, 3.05) is 19.6 Å². The Morgan fingerprint density at radius 1 is 1.32 bits per heavy atom. The van der Waals surface area contributed by atoms with Crippen LogP contribution in [0.25, 0.3) is 0 Å². The van der Waals surface area contributed by atoms with Crippen LogP contribution in [0.5, 0.6) is 0 Å². The van der Waals surface area contributed by atoms with Crippen molar-refractivity contribution in [1.29, 1.82) is 0 Å². The number of nitrogens with one attached hydrogen (secondary N) is 2. The summed E-state index contributed by atoms with van der Waals surface area (Å²) in [4.78, 5) is 22.4. The van der Waals surface area contributed by atoms with Crippen molar-refractivity contribution >= 4 is 11.6 Å². The number of carbonyl (C=O) groups excluding carboxylic acids is 1. The summed E-state index contributed by atoms with van der Waals surface area (Å²) in [5.41, 5.74) is 0.476. The number of amides is 1. The number of aryl methyl sites for hydroxylation is 1. The van der Waals surface area contributed by atoms with Crippen LogP contribution in [0.4, 0.5) is 5.69 Å². The maximum Gasteiger partial charge on any atom is 0.285 e. The van der Waals surface area contributed by atoms with Crippen LogP contribution in [0.1, 0.15) is 29.3 Å². The van der Waals surface area contributed by atoms with Crippen LogP contribution in [0.3, 0.4) is 0 Å². The Hall–Kier alpha value is -1.95. The van der Waals surface area contributed by atoms with Gasteiger partial charge in [0.15, 0.2) is 0 Å². The molecule has 0 radical (unpaired) electrons. The number of carbonyl (C=O) groups is 1. The first kappa shape index (κ1) is 15.1. The van der Waals surface area contributed by atoms with Crippen LogP contribution in [0, 0.1) is 17.0 Å². The smallest absolute Gasteiger partial charge is 0.285 e. The monoisotopic (exact) mass is 265 g/mol. The minimum atomic E-state index is -0.514. The number of nitro benzene ring substituents is 1. The van der Waals surface area contributed by atoms with E-state index in [2.05, 4.69) is 17.6 Å². The second-order valence-electron chi connectivity index (χ2n) is 4.23. The molecule has 1 rings (SSSR count). The van der Waals surface area contributed by atoms with Crippen LogP contribution in [-0.4, -0.2) is 30.5 Å². The van der Waals surface area contributed by atoms with E-state index in [0.29, 0.717) is 18.7 Å². The molecule has 2 N–H and O–H groups in total. The summed E-state index contributed by atoms with van der Waals surface area (Å²) in [7, 11) is 0. The van der Waals surface area contributed by atoms with E-state index >= 15 is 0 Å². The summed E-state index contributed by atoms with van der Waals surface area (Å²) in [5.74, 6) is -0.409. The molecule has 0 bridgehead atoms. The highest BCUT2D eigenvalue weighted by molar-refractivity contribution is 5.98. The van der Waals surface area contributed by atoms with E-state index < -0.39 is 10.8 Å². The Labute approximate surface area is 112 Å². The Morgan fingerprint density at radius 3 is 2.68 bits per heavy atom. The lowest BCUT2D eigenvalue weighted by molar-refractivity contribution is -0.385. The highest BCUT2D eigenvalue weighted by atomic mass is 16.6. The molecular weight excluding hydrogens is 246 g/mol. The second-order valence-corrected chi connectivity index (χ2v) is 4.23. The van der Waals surface area contributed by atoms with Gasteiger partial charge in [0, 0.05) is 18.7 Å². The van der Waals surface area contributed by atoms with Crippen molar-refractivity contribution in [3.05, 3.63) is 39.4 Å². The Balaban J connectivity index is 2.67. The molecule has 104 valence electrons. The topological polar surface area (TPSA) is 84.3 Å². The Morgan fingerprint density at radius 2 is 2.05 bits per heavy atom. The van der Waals surface area contributed by atoms with Crippen molar-refractivity contribution in [3.63, 3.8) is 0 Å². The van der Waals surface area contributed by atoms with Crippen molar-refractivity contribution in [1.82, 2.24) is 10.6 Å². The molecule has 1 aromatic rings. The van der Waals surface area contributed by atoms with Crippen molar-refractivity contribution in [2.24, 2.45) is 0 Å². The van der Waals surface area contributed by atoms with Crippen LogP contribution < -0.4 is 10.6 Å². The first-order chi connectivity index (χ1) is 9.07. The van der Waals surface area contributed by atoms with E-state index in [1.54, 1.807) is 19.1 Å². The summed E-state index contributed by atoms with van der Waals surface area (Å²) in [6.45, 7) is 5.67. The number of nitro groups is 1. The third kappa shape index (κ3) is 4.33. The van der Waals surface area contributed by atoms with Gasteiger partial charge in [-0.1, -0.05) is 19.1 Å². The number of nitrogens with zero attached hydrogens (tertiary/aromatic N) is 1. The first-order valence-electron chi connectivity index (χ1n) is 6.30. The third-order valence-electron chi connectivity index (χ3n) is 2.68. The van der Waals surface area contributed by atoms with Crippen molar-refractivity contribution in [3.8, 4) is 0 Å². The number of hydrogen-bond acceptors (Lipinski definition) is 4. The van der Waals surface area contributed by atoms with Crippen LogP contribution in [-0.2, 0) is 0 Å². The lowest BCUT2D eigenvalue weighted by atomic mass is 10.1. The molecule has 0 atom stereocenters. The maximum atomic E-state index is 11.9. The van der Waals surface area contributed by atoms with Gasteiger partial charge in [0.2, 0.25) is 0 Å². The van der Waals surface area contributed by atoms with Crippen LogP contribution >= 0.6 is 0 Å². The molecule has 1 amide bonds. The minimum absolute atomic E-state index is 0.112. The highest BCUT2D eigenvalue weighted by Gasteiger charge is 2.21. The summed E-state index contributed by atoms with van der Waals surface area (Å²) < 4.78 is 0. The standard InChI is InChI=1S/C13H19N3O3/c1-3-7-14-8-9-15-13(17)11-6-4-5-10(2)12(11)16(18)19/h4-6,14H,3,7-9H2,1-2H3,(H,15,17). The molecule has 0 saturated carbocycles. The normalized spacial score (nSPS) is 10.2. The average Bonchev–Trinajstić information content (AvgIpc) is 2.37. The molecule has 0 aliphatic heterocycles. The van der Waals surface area contributed by atoms with Crippen molar-refractivity contribution in [2.45, 2.75) is 20.3 Å². The molecule has 0 spiro atoms. The quantitative estimate of drug-likeness (QED) is 0.446. The van der Waals surface area contributed by atoms with Crippen molar-refractivity contribution < 1.29 is 9.72 Å². The minimum Gasteiger partial charge on any atom is -0.351 e.